The van der Waals surface area contributed by atoms with Crippen molar-refractivity contribution in [1.29, 1.82) is 0 Å². The predicted octanol–water partition coefficient (Wildman–Crippen LogP) is 1.06. The predicted molar refractivity (Wildman–Crippen MR) is 65.5 cm³/mol. The molecule has 0 amide bonds. The highest BCUT2D eigenvalue weighted by atomic mass is 19.1. The van der Waals surface area contributed by atoms with Crippen molar-refractivity contribution in [3.8, 4) is 11.4 Å². The molecule has 1 N–H and O–H groups in total. The number of benzene rings is 1. The lowest BCUT2D eigenvalue weighted by molar-refractivity contribution is 0.413. The number of tetrazole rings is 1. The van der Waals surface area contributed by atoms with Crippen molar-refractivity contribution in [2.24, 2.45) is 0 Å². The van der Waals surface area contributed by atoms with E-state index in [1.165, 1.54) is 30.7 Å². The average Bonchev–Trinajstić information content (AvgIpc) is 3.15. The Labute approximate surface area is 109 Å². The Hall–Kier alpha value is -2.02. The molecule has 1 fully saturated rings. The third-order valence-electron chi connectivity index (χ3n) is 3.04. The summed E-state index contributed by atoms with van der Waals surface area (Å²) in [6.45, 7) is 0.522. The van der Waals surface area contributed by atoms with Crippen LogP contribution in [-0.4, -0.2) is 33.4 Å². The first-order valence-corrected chi connectivity index (χ1v) is 6.12. The molecular weight excluding hydrogens is 249 g/mol. The summed E-state index contributed by atoms with van der Waals surface area (Å²) in [7, 11) is 1.53. The van der Waals surface area contributed by atoms with Gasteiger partial charge in [-0.3, -0.25) is 0 Å². The van der Waals surface area contributed by atoms with Crippen LogP contribution in [0.2, 0.25) is 0 Å². The van der Waals surface area contributed by atoms with Crippen LogP contribution in [0, 0.1) is 5.82 Å². The molecule has 0 atom stereocenters. The number of ether oxygens (including phenoxy) is 1. The third kappa shape index (κ3) is 2.55. The molecule has 0 aliphatic heterocycles. The topological polar surface area (TPSA) is 64.9 Å². The third-order valence-corrected chi connectivity index (χ3v) is 3.04. The quantitative estimate of drug-likeness (QED) is 0.874. The van der Waals surface area contributed by atoms with E-state index in [0.717, 1.165) is 0 Å². The summed E-state index contributed by atoms with van der Waals surface area (Å²) in [5.74, 6) is 0.757. The summed E-state index contributed by atoms with van der Waals surface area (Å²) >= 11 is 0. The highest BCUT2D eigenvalue weighted by Gasteiger charge is 2.22. The van der Waals surface area contributed by atoms with Crippen LogP contribution >= 0.6 is 0 Å². The summed E-state index contributed by atoms with van der Waals surface area (Å²) in [5.41, 5.74) is 0.289. The Bertz CT molecular complexity index is 581. The van der Waals surface area contributed by atoms with Crippen molar-refractivity contribution >= 4 is 0 Å². The molecule has 1 aliphatic rings. The van der Waals surface area contributed by atoms with E-state index in [9.17, 15) is 4.39 Å². The summed E-state index contributed by atoms with van der Waals surface area (Å²) in [4.78, 5) is 0. The Balaban J connectivity index is 1.89. The van der Waals surface area contributed by atoms with E-state index in [1.54, 1.807) is 12.1 Å². The SMILES string of the molecule is COc1ccc(F)c(-n2nnnc2CNC2CC2)c1. The lowest BCUT2D eigenvalue weighted by Crippen LogP contribution is -2.19. The fourth-order valence-corrected chi connectivity index (χ4v) is 1.81. The molecule has 0 saturated heterocycles. The molecule has 1 heterocycles. The van der Waals surface area contributed by atoms with Gasteiger partial charge >= 0.3 is 0 Å². The van der Waals surface area contributed by atoms with Crippen LogP contribution in [-0.2, 0) is 6.54 Å². The molecule has 100 valence electrons. The molecular formula is C12H14FN5O. The van der Waals surface area contributed by atoms with Crippen molar-refractivity contribution in [2.75, 3.05) is 7.11 Å². The van der Waals surface area contributed by atoms with Gasteiger partial charge in [-0.2, -0.15) is 4.68 Å². The number of hydrogen-bond acceptors (Lipinski definition) is 5. The maximum Gasteiger partial charge on any atom is 0.170 e. The molecule has 3 rings (SSSR count). The minimum atomic E-state index is -0.388. The molecule has 0 bridgehead atoms. The molecule has 0 unspecified atom stereocenters. The number of hydrogen-bond donors (Lipinski definition) is 1. The Morgan fingerprint density at radius 1 is 1.47 bits per heavy atom. The molecule has 19 heavy (non-hydrogen) atoms. The van der Waals surface area contributed by atoms with Crippen LogP contribution in [0.3, 0.4) is 0 Å². The van der Waals surface area contributed by atoms with Crippen LogP contribution in [0.4, 0.5) is 4.39 Å². The maximum absolute atomic E-state index is 13.9. The van der Waals surface area contributed by atoms with E-state index < -0.39 is 0 Å². The number of nitrogens with one attached hydrogen (secondary N) is 1. The maximum atomic E-state index is 13.9. The summed E-state index contributed by atoms with van der Waals surface area (Å²) in [6, 6.07) is 5.02. The van der Waals surface area contributed by atoms with Gasteiger partial charge in [0.1, 0.15) is 17.3 Å². The molecule has 1 aliphatic carbocycles. The van der Waals surface area contributed by atoms with Gasteiger partial charge in [0, 0.05) is 12.1 Å². The van der Waals surface area contributed by atoms with Gasteiger partial charge in [-0.25, -0.2) is 4.39 Å². The van der Waals surface area contributed by atoms with Crippen LogP contribution in [0.15, 0.2) is 18.2 Å². The number of methoxy groups -OCH3 is 1. The number of halogens is 1. The van der Waals surface area contributed by atoms with Gasteiger partial charge < -0.3 is 10.1 Å². The fourth-order valence-electron chi connectivity index (χ4n) is 1.81. The van der Waals surface area contributed by atoms with Gasteiger partial charge in [0.25, 0.3) is 0 Å². The van der Waals surface area contributed by atoms with Crippen LogP contribution in [0.25, 0.3) is 5.69 Å². The summed E-state index contributed by atoms with van der Waals surface area (Å²) in [6.07, 6.45) is 2.35. The molecule has 1 aromatic carbocycles. The van der Waals surface area contributed by atoms with Crippen molar-refractivity contribution in [1.82, 2.24) is 25.5 Å². The van der Waals surface area contributed by atoms with Crippen molar-refractivity contribution in [3.05, 3.63) is 29.8 Å². The number of aromatic nitrogens is 4. The molecule has 1 saturated carbocycles. The van der Waals surface area contributed by atoms with Crippen molar-refractivity contribution in [3.63, 3.8) is 0 Å². The van der Waals surface area contributed by atoms with Crippen LogP contribution in [0.5, 0.6) is 5.75 Å². The lowest BCUT2D eigenvalue weighted by atomic mass is 10.3. The zero-order chi connectivity index (χ0) is 13.2. The van der Waals surface area contributed by atoms with E-state index in [2.05, 4.69) is 20.8 Å². The molecule has 0 spiro atoms. The standard InChI is InChI=1S/C12H14FN5O/c1-19-9-4-5-10(13)11(6-9)18-12(15-16-17-18)7-14-8-2-3-8/h4-6,8,14H,2-3,7H2,1H3. The second kappa shape index (κ2) is 4.93. The molecule has 1 aromatic heterocycles. The first-order valence-electron chi connectivity index (χ1n) is 6.12. The Morgan fingerprint density at radius 2 is 2.32 bits per heavy atom. The number of nitrogens with zero attached hydrogens (tertiary/aromatic N) is 4. The minimum absolute atomic E-state index is 0.289. The highest BCUT2D eigenvalue weighted by molar-refractivity contribution is 5.40. The van der Waals surface area contributed by atoms with Gasteiger partial charge in [0.2, 0.25) is 0 Å². The first kappa shape index (κ1) is 12.0. The number of rotatable bonds is 5. The van der Waals surface area contributed by atoms with Gasteiger partial charge in [0.15, 0.2) is 5.82 Å². The largest absolute Gasteiger partial charge is 0.497 e. The lowest BCUT2D eigenvalue weighted by Gasteiger charge is -2.08. The zero-order valence-electron chi connectivity index (χ0n) is 10.5. The normalized spacial score (nSPS) is 14.6. The highest BCUT2D eigenvalue weighted by Crippen LogP contribution is 2.21. The Morgan fingerprint density at radius 3 is 3.05 bits per heavy atom. The molecule has 7 heteroatoms. The van der Waals surface area contributed by atoms with Crippen molar-refractivity contribution in [2.45, 2.75) is 25.4 Å². The van der Waals surface area contributed by atoms with Gasteiger partial charge in [0.05, 0.1) is 13.7 Å². The summed E-state index contributed by atoms with van der Waals surface area (Å²) in [5, 5.41) is 14.7. The van der Waals surface area contributed by atoms with E-state index in [4.69, 9.17) is 4.74 Å². The zero-order valence-corrected chi connectivity index (χ0v) is 10.5. The summed E-state index contributed by atoms with van der Waals surface area (Å²) < 4.78 is 20.4. The monoisotopic (exact) mass is 263 g/mol. The smallest absolute Gasteiger partial charge is 0.170 e. The first-order chi connectivity index (χ1) is 9.28. The fraction of sp³-hybridized carbons (Fsp3) is 0.417. The van der Waals surface area contributed by atoms with E-state index in [-0.39, 0.29) is 11.5 Å². The second-order valence-electron chi connectivity index (χ2n) is 4.48. The van der Waals surface area contributed by atoms with Crippen molar-refractivity contribution < 1.29 is 9.13 Å². The molecule has 0 radical (unpaired) electrons. The van der Waals surface area contributed by atoms with Crippen LogP contribution in [0.1, 0.15) is 18.7 Å². The minimum Gasteiger partial charge on any atom is -0.497 e. The van der Waals surface area contributed by atoms with Gasteiger partial charge in [-0.05, 0) is 35.4 Å². The second-order valence-corrected chi connectivity index (χ2v) is 4.48. The molecule has 6 nitrogen and oxygen atoms in total. The van der Waals surface area contributed by atoms with Crippen LogP contribution < -0.4 is 10.1 Å². The van der Waals surface area contributed by atoms with Gasteiger partial charge in [-0.15, -0.1) is 5.10 Å². The van der Waals surface area contributed by atoms with Gasteiger partial charge in [-0.1, -0.05) is 0 Å². The van der Waals surface area contributed by atoms with E-state index >= 15 is 0 Å². The van der Waals surface area contributed by atoms with E-state index in [0.29, 0.717) is 24.2 Å². The average molecular weight is 263 g/mol. The van der Waals surface area contributed by atoms with E-state index in [1.807, 2.05) is 0 Å². The Kier molecular flexibility index (Phi) is 3.12. The molecule has 2 aromatic rings.